The molecule has 3 heterocycles. The first-order valence-corrected chi connectivity index (χ1v) is 10.6. The molecular weight excluding hydrogens is 410 g/mol. The molecule has 0 bridgehead atoms. The van der Waals surface area contributed by atoms with E-state index in [9.17, 15) is 19.5 Å². The summed E-state index contributed by atoms with van der Waals surface area (Å²) < 4.78 is 5.82. The van der Waals surface area contributed by atoms with Crippen LogP contribution in [0.2, 0.25) is 0 Å². The highest BCUT2D eigenvalue weighted by Gasteiger charge is 2.70. The van der Waals surface area contributed by atoms with Gasteiger partial charge in [-0.3, -0.25) is 29.6 Å². The number of carboxylic acid groups (broad SMARTS) is 1. The van der Waals surface area contributed by atoms with E-state index < -0.39 is 40.8 Å². The Morgan fingerprint density at radius 2 is 1.81 bits per heavy atom. The van der Waals surface area contributed by atoms with Crippen molar-refractivity contribution in [3.63, 3.8) is 0 Å². The molecule has 8 nitrogen and oxygen atoms in total. The van der Waals surface area contributed by atoms with Gasteiger partial charge < -0.3 is 9.84 Å². The van der Waals surface area contributed by atoms with Gasteiger partial charge in [-0.1, -0.05) is 36.4 Å². The van der Waals surface area contributed by atoms with E-state index in [2.05, 4.69) is 10.3 Å². The minimum absolute atomic E-state index is 0.189. The Morgan fingerprint density at radius 3 is 2.41 bits per heavy atom. The fraction of sp³-hybridized carbons (Fsp3) is 0.417. The summed E-state index contributed by atoms with van der Waals surface area (Å²) >= 11 is 0. The lowest BCUT2D eigenvalue weighted by molar-refractivity contribution is -0.156. The number of carbonyl (C=O) groups excluding carboxylic acids is 2. The van der Waals surface area contributed by atoms with Crippen LogP contribution in [-0.2, 0) is 25.7 Å². The smallest absolute Gasteiger partial charge is 0.327 e. The van der Waals surface area contributed by atoms with Crippen molar-refractivity contribution < 1.29 is 24.2 Å². The highest BCUT2D eigenvalue weighted by Crippen LogP contribution is 2.50. The quantitative estimate of drug-likeness (QED) is 0.667. The van der Waals surface area contributed by atoms with Gasteiger partial charge in [0.1, 0.15) is 0 Å². The number of hydrogen-bond acceptors (Lipinski definition) is 6. The fourth-order valence-electron chi connectivity index (χ4n) is 4.77. The van der Waals surface area contributed by atoms with Crippen molar-refractivity contribution in [1.82, 2.24) is 15.2 Å². The summed E-state index contributed by atoms with van der Waals surface area (Å²) in [4.78, 5) is 45.1. The number of imide groups is 1. The largest absolute Gasteiger partial charge is 0.480 e. The first kappa shape index (κ1) is 22.1. The van der Waals surface area contributed by atoms with Gasteiger partial charge in [0.2, 0.25) is 11.8 Å². The molecule has 2 fully saturated rings. The highest BCUT2D eigenvalue weighted by molar-refractivity contribution is 6.10. The van der Waals surface area contributed by atoms with Crippen LogP contribution in [0.4, 0.5) is 0 Å². The Kier molecular flexibility index (Phi) is 5.60. The molecule has 2 amide bonds. The van der Waals surface area contributed by atoms with Gasteiger partial charge in [-0.2, -0.15) is 0 Å². The van der Waals surface area contributed by atoms with Crippen LogP contribution in [0.15, 0.2) is 54.7 Å². The number of hydrogen-bond donors (Lipinski definition) is 2. The first-order valence-electron chi connectivity index (χ1n) is 10.6. The molecule has 2 aliphatic heterocycles. The van der Waals surface area contributed by atoms with E-state index in [1.165, 1.54) is 4.90 Å². The van der Waals surface area contributed by atoms with E-state index in [0.717, 1.165) is 5.56 Å². The summed E-state index contributed by atoms with van der Waals surface area (Å²) in [5.41, 5.74) is -1.13. The average molecular weight is 437 g/mol. The van der Waals surface area contributed by atoms with Crippen LogP contribution in [-0.4, -0.2) is 50.5 Å². The van der Waals surface area contributed by atoms with E-state index in [1.54, 1.807) is 45.2 Å². The lowest BCUT2D eigenvalue weighted by Crippen LogP contribution is -2.60. The molecule has 0 aliphatic carbocycles. The summed E-state index contributed by atoms with van der Waals surface area (Å²) in [7, 11) is 0. The van der Waals surface area contributed by atoms with Crippen molar-refractivity contribution in [3.05, 3.63) is 66.0 Å². The number of nitrogens with zero attached hydrogens (tertiary/aromatic N) is 2. The summed E-state index contributed by atoms with van der Waals surface area (Å²) in [5, 5.41) is 13.4. The van der Waals surface area contributed by atoms with E-state index in [1.807, 2.05) is 30.3 Å². The third kappa shape index (κ3) is 3.59. The molecule has 4 rings (SSSR count). The van der Waals surface area contributed by atoms with Gasteiger partial charge in [-0.25, -0.2) is 0 Å². The number of ether oxygens (including phenoxy) is 1. The van der Waals surface area contributed by atoms with Gasteiger partial charge in [-0.05, 0) is 38.5 Å². The highest BCUT2D eigenvalue weighted by atomic mass is 16.5. The normalized spacial score (nSPS) is 27.6. The second-order valence-electron chi connectivity index (χ2n) is 9.32. The van der Waals surface area contributed by atoms with E-state index in [0.29, 0.717) is 5.69 Å². The molecule has 1 aromatic carbocycles. The monoisotopic (exact) mass is 437 g/mol. The van der Waals surface area contributed by atoms with Gasteiger partial charge >= 0.3 is 5.97 Å². The van der Waals surface area contributed by atoms with E-state index in [-0.39, 0.29) is 19.1 Å². The maximum absolute atomic E-state index is 13.5. The Hall–Kier alpha value is -3.10. The summed E-state index contributed by atoms with van der Waals surface area (Å²) in [5.74, 6) is -4.09. The fourth-order valence-corrected chi connectivity index (χ4v) is 4.77. The molecule has 0 radical (unpaired) electrons. The molecule has 2 aromatic rings. The lowest BCUT2D eigenvalue weighted by Gasteiger charge is -2.35. The van der Waals surface area contributed by atoms with Gasteiger partial charge in [-0.15, -0.1) is 0 Å². The molecule has 2 aliphatic rings. The number of likely N-dealkylation sites (tertiary alicyclic amines) is 1. The Balaban J connectivity index is 1.73. The van der Waals surface area contributed by atoms with Crippen LogP contribution in [0.1, 0.15) is 38.1 Å². The maximum atomic E-state index is 13.5. The minimum Gasteiger partial charge on any atom is -0.480 e. The standard InChI is InChI=1S/C24H27N3O5/c1-23(2,3)27-20(28)17-18(21(27)29)24(22(30)31,14-32-13-15-9-5-4-6-10-15)26-19(17)16-11-7-8-12-25-16/h4-12,17-19,26H,13-14H2,1-3H3,(H,30,31). The zero-order valence-electron chi connectivity index (χ0n) is 18.3. The predicted molar refractivity (Wildman–Crippen MR) is 115 cm³/mol. The Bertz CT molecular complexity index is 1020. The minimum atomic E-state index is -1.76. The predicted octanol–water partition coefficient (Wildman–Crippen LogP) is 2.17. The molecule has 8 heteroatoms. The Morgan fingerprint density at radius 1 is 1.12 bits per heavy atom. The molecular formula is C24H27N3O5. The number of benzene rings is 1. The zero-order chi connectivity index (χ0) is 23.1. The third-order valence-corrected chi connectivity index (χ3v) is 6.15. The van der Waals surface area contributed by atoms with E-state index >= 15 is 0 Å². The molecule has 32 heavy (non-hydrogen) atoms. The van der Waals surface area contributed by atoms with Crippen LogP contribution in [0, 0.1) is 11.8 Å². The number of aliphatic carboxylic acids is 1. The number of carbonyl (C=O) groups is 3. The van der Waals surface area contributed by atoms with Gasteiger partial charge in [0, 0.05) is 11.7 Å². The number of pyridine rings is 1. The van der Waals surface area contributed by atoms with Crippen molar-refractivity contribution in [2.24, 2.45) is 11.8 Å². The summed E-state index contributed by atoms with van der Waals surface area (Å²) in [6.07, 6.45) is 1.58. The summed E-state index contributed by atoms with van der Waals surface area (Å²) in [6, 6.07) is 13.9. The number of nitrogens with one attached hydrogen (secondary N) is 1. The second kappa shape index (κ2) is 8.11. The van der Waals surface area contributed by atoms with Crippen LogP contribution >= 0.6 is 0 Å². The number of amides is 2. The van der Waals surface area contributed by atoms with Crippen LogP contribution in [0.5, 0.6) is 0 Å². The number of aromatic nitrogens is 1. The van der Waals surface area contributed by atoms with Gasteiger partial charge in [0.15, 0.2) is 5.54 Å². The average Bonchev–Trinajstić information content (AvgIpc) is 3.24. The second-order valence-corrected chi connectivity index (χ2v) is 9.32. The van der Waals surface area contributed by atoms with Crippen LogP contribution < -0.4 is 5.32 Å². The van der Waals surface area contributed by atoms with Crippen molar-refractivity contribution in [3.8, 4) is 0 Å². The molecule has 2 N–H and O–H groups in total. The van der Waals surface area contributed by atoms with E-state index in [4.69, 9.17) is 4.74 Å². The molecule has 168 valence electrons. The van der Waals surface area contributed by atoms with Crippen molar-refractivity contribution in [1.29, 1.82) is 0 Å². The number of rotatable bonds is 6. The molecule has 4 unspecified atom stereocenters. The van der Waals surface area contributed by atoms with Gasteiger partial charge in [0.25, 0.3) is 0 Å². The molecule has 4 atom stereocenters. The van der Waals surface area contributed by atoms with Crippen LogP contribution in [0.25, 0.3) is 0 Å². The molecule has 1 aromatic heterocycles. The van der Waals surface area contributed by atoms with Crippen molar-refractivity contribution in [2.75, 3.05) is 6.61 Å². The molecule has 0 saturated carbocycles. The summed E-state index contributed by atoms with van der Waals surface area (Å²) in [6.45, 7) is 5.22. The third-order valence-electron chi connectivity index (χ3n) is 6.15. The SMILES string of the molecule is CC(C)(C)N1C(=O)C2C(c3ccccn3)NC(COCc3ccccc3)(C(=O)O)C2C1=O. The van der Waals surface area contributed by atoms with Gasteiger partial charge in [0.05, 0.1) is 36.8 Å². The number of carboxylic acids is 1. The Labute approximate surface area is 186 Å². The lowest BCUT2D eigenvalue weighted by atomic mass is 9.80. The molecule has 0 spiro atoms. The van der Waals surface area contributed by atoms with Crippen LogP contribution in [0.3, 0.4) is 0 Å². The zero-order valence-corrected chi connectivity index (χ0v) is 18.3. The number of fused-ring (bicyclic) bond motifs is 1. The topological polar surface area (TPSA) is 109 Å². The maximum Gasteiger partial charge on any atom is 0.327 e. The van der Waals surface area contributed by atoms with Crippen molar-refractivity contribution in [2.45, 2.75) is 44.5 Å². The van der Waals surface area contributed by atoms with Crippen molar-refractivity contribution >= 4 is 17.8 Å². The molecule has 2 saturated heterocycles. The first-order chi connectivity index (χ1) is 15.2.